The Hall–Kier alpha value is -0.120. The molecule has 3 nitrogen and oxygen atoms in total. The molecule has 0 radical (unpaired) electrons. The van der Waals surface area contributed by atoms with E-state index in [2.05, 4.69) is 24.1 Å². The number of aliphatic hydroxyl groups excluding tert-OH is 1. The van der Waals surface area contributed by atoms with E-state index in [9.17, 15) is 0 Å². The fourth-order valence-corrected chi connectivity index (χ4v) is 3.24. The van der Waals surface area contributed by atoms with Gasteiger partial charge in [0, 0.05) is 18.6 Å². The summed E-state index contributed by atoms with van der Waals surface area (Å²) < 4.78 is 0. The number of hydrogen-bond acceptors (Lipinski definition) is 3. The Morgan fingerprint density at radius 2 is 2.19 bits per heavy atom. The predicted molar refractivity (Wildman–Crippen MR) is 66.4 cm³/mol. The van der Waals surface area contributed by atoms with Gasteiger partial charge in [0.2, 0.25) is 0 Å². The monoisotopic (exact) mass is 226 g/mol. The van der Waals surface area contributed by atoms with Gasteiger partial charge in [-0.1, -0.05) is 0 Å². The third-order valence-corrected chi connectivity index (χ3v) is 4.36. The largest absolute Gasteiger partial charge is 0.395 e. The summed E-state index contributed by atoms with van der Waals surface area (Å²) in [5.41, 5.74) is 0. The molecule has 2 fully saturated rings. The molecule has 0 aromatic carbocycles. The van der Waals surface area contributed by atoms with E-state index in [-0.39, 0.29) is 0 Å². The van der Waals surface area contributed by atoms with Gasteiger partial charge in [-0.3, -0.25) is 0 Å². The third kappa shape index (κ3) is 2.76. The molecule has 2 aliphatic rings. The van der Waals surface area contributed by atoms with Gasteiger partial charge in [0.05, 0.1) is 6.61 Å². The molecule has 0 aromatic heterocycles. The van der Waals surface area contributed by atoms with E-state index in [0.29, 0.717) is 18.7 Å². The van der Waals surface area contributed by atoms with Crippen LogP contribution in [0.25, 0.3) is 0 Å². The molecule has 0 aliphatic carbocycles. The summed E-state index contributed by atoms with van der Waals surface area (Å²) in [5, 5.41) is 12.6. The van der Waals surface area contributed by atoms with Gasteiger partial charge in [0.25, 0.3) is 0 Å². The van der Waals surface area contributed by atoms with Crippen molar-refractivity contribution in [1.82, 2.24) is 10.2 Å². The fraction of sp³-hybridized carbons (Fsp3) is 1.00. The van der Waals surface area contributed by atoms with Crippen molar-refractivity contribution >= 4 is 0 Å². The van der Waals surface area contributed by atoms with E-state index < -0.39 is 0 Å². The molecule has 2 saturated heterocycles. The molecule has 0 saturated carbocycles. The van der Waals surface area contributed by atoms with Crippen LogP contribution in [-0.4, -0.2) is 48.3 Å². The molecule has 2 N–H and O–H groups in total. The van der Waals surface area contributed by atoms with Gasteiger partial charge in [-0.25, -0.2) is 0 Å². The zero-order valence-corrected chi connectivity index (χ0v) is 10.7. The third-order valence-electron chi connectivity index (χ3n) is 4.36. The second kappa shape index (κ2) is 5.48. The maximum Gasteiger partial charge on any atom is 0.0584 e. The summed E-state index contributed by atoms with van der Waals surface area (Å²) in [4.78, 5) is 2.61. The highest BCUT2D eigenvalue weighted by Crippen LogP contribution is 2.30. The average Bonchev–Trinajstić information content (AvgIpc) is 2.77. The van der Waals surface area contributed by atoms with Crippen molar-refractivity contribution in [3.05, 3.63) is 0 Å². The number of hydrogen-bond donors (Lipinski definition) is 2. The van der Waals surface area contributed by atoms with Crippen molar-refractivity contribution in [2.75, 3.05) is 26.2 Å². The Balaban J connectivity index is 1.85. The van der Waals surface area contributed by atoms with E-state index in [4.69, 9.17) is 5.11 Å². The van der Waals surface area contributed by atoms with Crippen LogP contribution in [0.1, 0.15) is 33.1 Å². The highest BCUT2D eigenvalue weighted by Gasteiger charge is 2.33. The first kappa shape index (κ1) is 12.3. The van der Waals surface area contributed by atoms with Crippen LogP contribution in [0.15, 0.2) is 0 Å². The summed E-state index contributed by atoms with van der Waals surface area (Å²) in [6, 6.07) is 1.05. The molecule has 0 bridgehead atoms. The minimum atomic E-state index is 0.303. The lowest BCUT2D eigenvalue weighted by Crippen LogP contribution is -2.42. The zero-order chi connectivity index (χ0) is 11.5. The van der Waals surface area contributed by atoms with Gasteiger partial charge in [-0.15, -0.1) is 0 Å². The first-order valence-corrected chi connectivity index (χ1v) is 6.79. The lowest BCUT2D eigenvalue weighted by Gasteiger charge is -2.37. The van der Waals surface area contributed by atoms with Crippen molar-refractivity contribution in [2.45, 2.75) is 45.2 Å². The average molecular weight is 226 g/mol. The molecule has 2 rings (SSSR count). The molecule has 94 valence electrons. The van der Waals surface area contributed by atoms with Crippen LogP contribution >= 0.6 is 0 Å². The van der Waals surface area contributed by atoms with Crippen molar-refractivity contribution in [3.8, 4) is 0 Å². The highest BCUT2D eigenvalue weighted by atomic mass is 16.3. The lowest BCUT2D eigenvalue weighted by atomic mass is 9.83. The van der Waals surface area contributed by atoms with Crippen molar-refractivity contribution in [3.63, 3.8) is 0 Å². The van der Waals surface area contributed by atoms with Crippen LogP contribution < -0.4 is 5.32 Å². The van der Waals surface area contributed by atoms with E-state index >= 15 is 0 Å². The number of nitrogens with one attached hydrogen (secondary N) is 1. The number of rotatable bonds is 3. The molecule has 3 heteroatoms. The van der Waals surface area contributed by atoms with Crippen LogP contribution in [0.3, 0.4) is 0 Å². The van der Waals surface area contributed by atoms with Crippen molar-refractivity contribution < 1.29 is 5.11 Å². The van der Waals surface area contributed by atoms with Gasteiger partial charge in [0.15, 0.2) is 0 Å². The van der Waals surface area contributed by atoms with Crippen LogP contribution in [-0.2, 0) is 0 Å². The van der Waals surface area contributed by atoms with Crippen molar-refractivity contribution in [2.24, 2.45) is 11.8 Å². The smallest absolute Gasteiger partial charge is 0.0584 e. The number of likely N-dealkylation sites (tertiary alicyclic amines) is 1. The summed E-state index contributed by atoms with van der Waals surface area (Å²) in [7, 11) is 0. The summed E-state index contributed by atoms with van der Waals surface area (Å²) in [6.07, 6.45) is 3.91. The Morgan fingerprint density at radius 3 is 2.81 bits per heavy atom. The normalized spacial score (nSPS) is 37.1. The Labute approximate surface area is 99.2 Å². The number of piperidine rings is 1. The minimum absolute atomic E-state index is 0.303. The predicted octanol–water partition coefficient (Wildman–Crippen LogP) is 1.08. The number of aliphatic hydroxyl groups is 1. The molecule has 0 aromatic rings. The van der Waals surface area contributed by atoms with Crippen molar-refractivity contribution in [1.29, 1.82) is 0 Å². The maximum atomic E-state index is 9.15. The minimum Gasteiger partial charge on any atom is -0.395 e. The summed E-state index contributed by atoms with van der Waals surface area (Å²) in [5.74, 6) is 1.64. The summed E-state index contributed by atoms with van der Waals surface area (Å²) in [6.45, 7) is 8.55. The molecule has 3 unspecified atom stereocenters. The standard InChI is InChI=1S/C13H26N2O/c1-10(2)15-5-3-4-11(8-15)12-6-13(9-16)14-7-12/h10-14,16H,3-9H2,1-2H3. The summed E-state index contributed by atoms with van der Waals surface area (Å²) >= 11 is 0. The molecule has 2 heterocycles. The van der Waals surface area contributed by atoms with Gasteiger partial charge >= 0.3 is 0 Å². The SMILES string of the molecule is CC(C)N1CCCC(C2CNC(CO)C2)C1. The molecule has 0 spiro atoms. The first-order chi connectivity index (χ1) is 7.70. The van der Waals surface area contributed by atoms with E-state index in [1.807, 2.05) is 0 Å². The number of nitrogens with zero attached hydrogens (tertiary/aromatic N) is 1. The quantitative estimate of drug-likeness (QED) is 0.756. The Bertz CT molecular complexity index is 220. The van der Waals surface area contributed by atoms with Gasteiger partial charge in [-0.05, 0) is 58.0 Å². The van der Waals surface area contributed by atoms with Gasteiger partial charge < -0.3 is 15.3 Å². The zero-order valence-electron chi connectivity index (χ0n) is 10.7. The fourth-order valence-electron chi connectivity index (χ4n) is 3.24. The second-order valence-electron chi connectivity index (χ2n) is 5.77. The van der Waals surface area contributed by atoms with Crippen LogP contribution in [0.4, 0.5) is 0 Å². The topological polar surface area (TPSA) is 35.5 Å². The van der Waals surface area contributed by atoms with Crippen LogP contribution in [0.2, 0.25) is 0 Å². The first-order valence-electron chi connectivity index (χ1n) is 6.79. The lowest BCUT2D eigenvalue weighted by molar-refractivity contribution is 0.110. The van der Waals surface area contributed by atoms with E-state index in [1.165, 1.54) is 32.4 Å². The Kier molecular flexibility index (Phi) is 4.22. The second-order valence-corrected chi connectivity index (χ2v) is 5.77. The van der Waals surface area contributed by atoms with E-state index in [0.717, 1.165) is 18.4 Å². The van der Waals surface area contributed by atoms with Gasteiger partial charge in [0.1, 0.15) is 0 Å². The maximum absolute atomic E-state index is 9.15. The highest BCUT2D eigenvalue weighted by molar-refractivity contribution is 4.88. The molecule has 0 amide bonds. The van der Waals surface area contributed by atoms with E-state index in [1.54, 1.807) is 0 Å². The van der Waals surface area contributed by atoms with Crippen LogP contribution in [0.5, 0.6) is 0 Å². The molecule has 3 atom stereocenters. The molecule has 16 heavy (non-hydrogen) atoms. The molecule has 2 aliphatic heterocycles. The molecular weight excluding hydrogens is 200 g/mol. The van der Waals surface area contributed by atoms with Gasteiger partial charge in [-0.2, -0.15) is 0 Å². The Morgan fingerprint density at radius 1 is 1.38 bits per heavy atom. The van der Waals surface area contributed by atoms with Crippen LogP contribution in [0, 0.1) is 11.8 Å². The molecular formula is C13H26N2O.